The molecule has 201 valence electrons. The molecule has 2 heterocycles. The van der Waals surface area contributed by atoms with Crippen molar-refractivity contribution in [3.8, 4) is 5.88 Å². The molecule has 6 heteroatoms. The maximum absolute atomic E-state index is 12.9. The number of rotatable bonds is 6. The molecule has 4 atom stereocenters. The first-order chi connectivity index (χ1) is 17.6. The van der Waals surface area contributed by atoms with E-state index in [1.54, 1.807) is 0 Å². The van der Waals surface area contributed by atoms with Crippen LogP contribution in [0.4, 0.5) is 0 Å². The lowest BCUT2D eigenvalue weighted by atomic mass is 9.73. The van der Waals surface area contributed by atoms with Gasteiger partial charge in [0.05, 0.1) is 18.7 Å². The van der Waals surface area contributed by atoms with Gasteiger partial charge in [-0.1, -0.05) is 51.1 Å². The van der Waals surface area contributed by atoms with E-state index >= 15 is 0 Å². The van der Waals surface area contributed by atoms with Crippen LogP contribution in [0.3, 0.4) is 0 Å². The van der Waals surface area contributed by atoms with Gasteiger partial charge in [0, 0.05) is 19.0 Å². The molecule has 1 fully saturated rings. The minimum absolute atomic E-state index is 0.0803. The third-order valence-corrected chi connectivity index (χ3v) is 8.98. The van der Waals surface area contributed by atoms with Gasteiger partial charge >= 0.3 is 5.97 Å². The molecule has 1 aliphatic carbocycles. The van der Waals surface area contributed by atoms with Crippen LogP contribution in [0.5, 0.6) is 5.88 Å². The predicted octanol–water partition coefficient (Wildman–Crippen LogP) is 6.38. The molecule has 1 saturated heterocycles. The second-order valence-electron chi connectivity index (χ2n) is 12.4. The lowest BCUT2D eigenvalue weighted by molar-refractivity contribution is -0.148. The summed E-state index contributed by atoms with van der Waals surface area (Å²) < 4.78 is 11.4. The standard InChI is InChI=1S/C31H45N2O3Si/c1-21-10-8-9-11-24(21)25-16-17-33(20-26(25)30(34)35-5)19-22-12-13-23-14-15-28(36-37(6)7)32-29(23)27(18-22)31(2,3)4/h8-11,14-15,22,25-27H,12-13,16-20H2,1-7H3/t22-,25-,26+,27-/m1/s1. The van der Waals surface area contributed by atoms with Gasteiger partial charge in [-0.3, -0.25) is 4.79 Å². The molecule has 0 unspecified atom stereocenters. The molecule has 0 saturated carbocycles. The van der Waals surface area contributed by atoms with Gasteiger partial charge in [-0.15, -0.1) is 0 Å². The zero-order valence-corrected chi connectivity index (χ0v) is 24.8. The number of pyridine rings is 1. The van der Waals surface area contributed by atoms with E-state index in [1.807, 2.05) is 0 Å². The fourth-order valence-corrected chi connectivity index (χ4v) is 6.96. The van der Waals surface area contributed by atoms with Crippen LogP contribution in [0.15, 0.2) is 36.4 Å². The molecule has 0 N–H and O–H groups in total. The Morgan fingerprint density at radius 3 is 2.57 bits per heavy atom. The van der Waals surface area contributed by atoms with Gasteiger partial charge in [0.25, 0.3) is 9.04 Å². The van der Waals surface area contributed by atoms with Crippen molar-refractivity contribution in [1.29, 1.82) is 0 Å². The number of aromatic nitrogens is 1. The van der Waals surface area contributed by atoms with Crippen molar-refractivity contribution in [1.82, 2.24) is 9.88 Å². The van der Waals surface area contributed by atoms with Crippen LogP contribution in [0.25, 0.3) is 0 Å². The van der Waals surface area contributed by atoms with Crippen molar-refractivity contribution >= 4 is 15.0 Å². The predicted molar refractivity (Wildman–Crippen MR) is 151 cm³/mol. The number of carbonyl (C=O) groups excluding carboxylic acids is 1. The minimum atomic E-state index is -0.852. The average Bonchev–Trinajstić information content (AvgIpc) is 3.03. The number of fused-ring (bicyclic) bond motifs is 1. The van der Waals surface area contributed by atoms with E-state index in [0.29, 0.717) is 11.8 Å². The number of piperidine rings is 1. The summed E-state index contributed by atoms with van der Waals surface area (Å²) in [4.78, 5) is 20.5. The first-order valence-electron chi connectivity index (χ1n) is 13.9. The summed E-state index contributed by atoms with van der Waals surface area (Å²) in [5.74, 6) is 1.74. The number of likely N-dealkylation sites (tertiary alicyclic amines) is 1. The lowest BCUT2D eigenvalue weighted by Gasteiger charge is -2.40. The van der Waals surface area contributed by atoms with E-state index in [-0.39, 0.29) is 23.2 Å². The van der Waals surface area contributed by atoms with Gasteiger partial charge in [0.1, 0.15) is 0 Å². The number of methoxy groups -OCH3 is 1. The molecule has 0 bridgehead atoms. The molecule has 0 spiro atoms. The third-order valence-electron chi connectivity index (χ3n) is 8.37. The van der Waals surface area contributed by atoms with Gasteiger partial charge in [-0.2, -0.15) is 0 Å². The zero-order valence-electron chi connectivity index (χ0n) is 23.8. The highest BCUT2D eigenvalue weighted by Crippen LogP contribution is 2.45. The summed E-state index contributed by atoms with van der Waals surface area (Å²) >= 11 is 0. The van der Waals surface area contributed by atoms with Crippen LogP contribution in [-0.4, -0.2) is 51.6 Å². The van der Waals surface area contributed by atoms with Crippen LogP contribution >= 0.6 is 0 Å². The fraction of sp³-hybridized carbons (Fsp3) is 0.613. The summed E-state index contributed by atoms with van der Waals surface area (Å²) in [7, 11) is 0.675. The average molecular weight is 522 g/mol. The molecule has 1 aromatic carbocycles. The Hall–Kier alpha value is -2.18. The van der Waals surface area contributed by atoms with Crippen molar-refractivity contribution in [3.63, 3.8) is 0 Å². The van der Waals surface area contributed by atoms with E-state index in [1.165, 1.54) is 29.5 Å². The maximum Gasteiger partial charge on any atom is 0.310 e. The summed E-state index contributed by atoms with van der Waals surface area (Å²) in [5, 5.41) is 0. The SMILES string of the molecule is COC(=O)[C@H]1CN(C[C@@H]2CCc3ccc(O[Si](C)C)nc3[C@H](C(C)(C)C)C2)CC[C@@H]1c1ccccc1C. The van der Waals surface area contributed by atoms with Crippen molar-refractivity contribution in [2.45, 2.75) is 78.3 Å². The van der Waals surface area contributed by atoms with Gasteiger partial charge in [0.2, 0.25) is 0 Å². The number of ether oxygens (including phenoxy) is 1. The van der Waals surface area contributed by atoms with E-state index < -0.39 is 9.04 Å². The Balaban J connectivity index is 1.52. The Kier molecular flexibility index (Phi) is 8.80. The molecule has 37 heavy (non-hydrogen) atoms. The molecule has 2 aliphatic rings. The van der Waals surface area contributed by atoms with Gasteiger partial charge in [-0.05, 0) is 92.3 Å². The second-order valence-corrected chi connectivity index (χ2v) is 14.4. The third kappa shape index (κ3) is 6.64. The summed E-state index contributed by atoms with van der Waals surface area (Å²) in [6, 6.07) is 12.8. The topological polar surface area (TPSA) is 51.7 Å². The first-order valence-corrected chi connectivity index (χ1v) is 16.3. The molecule has 1 radical (unpaired) electrons. The highest BCUT2D eigenvalue weighted by atomic mass is 28.3. The van der Waals surface area contributed by atoms with E-state index in [4.69, 9.17) is 14.1 Å². The number of carbonyl (C=O) groups is 1. The largest absolute Gasteiger partial charge is 0.530 e. The normalized spacial score (nSPS) is 24.9. The number of benzene rings is 1. The summed E-state index contributed by atoms with van der Waals surface area (Å²) in [6.45, 7) is 16.3. The van der Waals surface area contributed by atoms with Crippen LogP contribution in [0, 0.1) is 24.2 Å². The lowest BCUT2D eigenvalue weighted by Crippen LogP contribution is -2.45. The molecule has 2 aromatic rings. The van der Waals surface area contributed by atoms with Crippen LogP contribution in [-0.2, 0) is 16.0 Å². The maximum atomic E-state index is 12.9. The second kappa shape index (κ2) is 11.7. The van der Waals surface area contributed by atoms with E-state index in [9.17, 15) is 4.79 Å². The van der Waals surface area contributed by atoms with Crippen molar-refractivity contribution in [3.05, 3.63) is 58.8 Å². The molecule has 5 nitrogen and oxygen atoms in total. The fourth-order valence-electron chi connectivity index (χ4n) is 6.43. The number of hydrogen-bond acceptors (Lipinski definition) is 5. The van der Waals surface area contributed by atoms with Crippen LogP contribution in [0.1, 0.15) is 74.3 Å². The molecule has 1 aliphatic heterocycles. The quantitative estimate of drug-likeness (QED) is 0.251. The highest BCUT2D eigenvalue weighted by Gasteiger charge is 2.39. The van der Waals surface area contributed by atoms with Gasteiger partial charge in [0.15, 0.2) is 5.88 Å². The van der Waals surface area contributed by atoms with Crippen molar-refractivity contribution in [2.75, 3.05) is 26.7 Å². The number of esters is 1. The van der Waals surface area contributed by atoms with Crippen molar-refractivity contribution in [2.24, 2.45) is 17.3 Å². The Labute approximate surface area is 225 Å². The van der Waals surface area contributed by atoms with Gasteiger partial charge < -0.3 is 14.1 Å². The summed E-state index contributed by atoms with van der Waals surface area (Å²) in [6.07, 6.45) is 4.30. The first kappa shape index (κ1) is 27.8. The zero-order chi connectivity index (χ0) is 26.7. The Morgan fingerprint density at radius 1 is 1.14 bits per heavy atom. The van der Waals surface area contributed by atoms with E-state index in [2.05, 4.69) is 82.1 Å². The Morgan fingerprint density at radius 2 is 1.89 bits per heavy atom. The number of nitrogens with zero attached hydrogens (tertiary/aromatic N) is 2. The van der Waals surface area contributed by atoms with Crippen molar-refractivity contribution < 1.29 is 14.0 Å². The van der Waals surface area contributed by atoms with E-state index in [0.717, 1.165) is 51.2 Å². The monoisotopic (exact) mass is 521 g/mol. The summed E-state index contributed by atoms with van der Waals surface area (Å²) in [5.41, 5.74) is 5.28. The number of aryl methyl sites for hydroxylation is 2. The smallest absolute Gasteiger partial charge is 0.310 e. The molecule has 0 amide bonds. The van der Waals surface area contributed by atoms with Crippen LogP contribution < -0.4 is 4.43 Å². The minimum Gasteiger partial charge on any atom is -0.530 e. The number of hydrogen-bond donors (Lipinski definition) is 0. The molecular weight excluding hydrogens is 476 g/mol. The molecule has 1 aromatic heterocycles. The molecular formula is C31H45N2O3Si. The van der Waals surface area contributed by atoms with Gasteiger partial charge in [-0.25, -0.2) is 4.98 Å². The molecule has 4 rings (SSSR count). The van der Waals surface area contributed by atoms with Crippen LogP contribution in [0.2, 0.25) is 13.1 Å². The Bertz CT molecular complexity index is 1080. The highest BCUT2D eigenvalue weighted by molar-refractivity contribution is 6.49.